The van der Waals surface area contributed by atoms with E-state index in [9.17, 15) is 4.79 Å². The van der Waals surface area contributed by atoms with Gasteiger partial charge in [0.15, 0.2) is 0 Å². The standard InChI is InChI=1S/C22H27N5O/c1-17-4-2-11-26(15-17)16-18-5-7-19(8-6-18)22-24-20(14-21(28)25-22)9-13-27-12-3-10-23-27/h3,5-8,10,12,14,17H,2,4,9,11,13,15-16H2,1H3,(H,24,25,28). The molecule has 0 amide bonds. The second-order valence-corrected chi connectivity index (χ2v) is 7.78. The number of rotatable bonds is 6. The third kappa shape index (κ3) is 4.75. The summed E-state index contributed by atoms with van der Waals surface area (Å²) < 4.78 is 1.85. The molecule has 4 rings (SSSR count). The highest BCUT2D eigenvalue weighted by Gasteiger charge is 2.16. The maximum absolute atomic E-state index is 12.1. The summed E-state index contributed by atoms with van der Waals surface area (Å²) in [6.45, 7) is 6.37. The van der Waals surface area contributed by atoms with E-state index in [1.807, 2.05) is 16.9 Å². The number of piperidine rings is 1. The van der Waals surface area contributed by atoms with Crippen molar-refractivity contribution in [1.82, 2.24) is 24.6 Å². The fourth-order valence-corrected chi connectivity index (χ4v) is 3.89. The number of aromatic amines is 1. The smallest absolute Gasteiger partial charge is 0.251 e. The van der Waals surface area contributed by atoms with E-state index in [1.165, 1.54) is 31.5 Å². The number of aryl methyl sites for hydroxylation is 2. The first-order chi connectivity index (χ1) is 13.7. The van der Waals surface area contributed by atoms with Gasteiger partial charge in [0, 0.05) is 50.1 Å². The summed E-state index contributed by atoms with van der Waals surface area (Å²) in [5, 5.41) is 4.20. The predicted molar refractivity (Wildman–Crippen MR) is 110 cm³/mol. The molecule has 1 aromatic carbocycles. The molecule has 1 fully saturated rings. The molecule has 146 valence electrons. The van der Waals surface area contributed by atoms with Crippen LogP contribution in [-0.2, 0) is 19.5 Å². The van der Waals surface area contributed by atoms with Gasteiger partial charge in [0.05, 0.1) is 5.69 Å². The highest BCUT2D eigenvalue weighted by molar-refractivity contribution is 5.55. The molecule has 6 nitrogen and oxygen atoms in total. The van der Waals surface area contributed by atoms with Crippen LogP contribution in [0.15, 0.2) is 53.6 Å². The highest BCUT2D eigenvalue weighted by Crippen LogP contribution is 2.20. The summed E-state index contributed by atoms with van der Waals surface area (Å²) >= 11 is 0. The number of H-pyrrole nitrogens is 1. The van der Waals surface area contributed by atoms with Crippen molar-refractivity contribution in [2.45, 2.75) is 39.3 Å². The molecule has 0 saturated carbocycles. The van der Waals surface area contributed by atoms with Crippen molar-refractivity contribution in [3.05, 3.63) is 70.4 Å². The molecule has 0 spiro atoms. The van der Waals surface area contributed by atoms with Gasteiger partial charge in [-0.1, -0.05) is 31.2 Å². The van der Waals surface area contributed by atoms with Crippen LogP contribution in [0.2, 0.25) is 0 Å². The molecule has 0 radical (unpaired) electrons. The average Bonchev–Trinajstić information content (AvgIpc) is 3.20. The van der Waals surface area contributed by atoms with Gasteiger partial charge in [-0.25, -0.2) is 4.98 Å². The van der Waals surface area contributed by atoms with Crippen molar-refractivity contribution in [3.63, 3.8) is 0 Å². The monoisotopic (exact) mass is 377 g/mol. The molecular weight excluding hydrogens is 350 g/mol. The van der Waals surface area contributed by atoms with E-state index in [4.69, 9.17) is 0 Å². The topological polar surface area (TPSA) is 66.8 Å². The van der Waals surface area contributed by atoms with Crippen molar-refractivity contribution in [2.75, 3.05) is 13.1 Å². The Labute approximate surface area is 165 Å². The molecule has 1 aliphatic rings. The second kappa shape index (κ2) is 8.52. The zero-order valence-electron chi connectivity index (χ0n) is 16.3. The Morgan fingerprint density at radius 3 is 2.86 bits per heavy atom. The van der Waals surface area contributed by atoms with Gasteiger partial charge < -0.3 is 4.98 Å². The number of nitrogens with zero attached hydrogens (tertiary/aromatic N) is 4. The molecule has 1 atom stereocenters. The molecule has 0 aliphatic carbocycles. The van der Waals surface area contributed by atoms with E-state index in [1.54, 1.807) is 12.3 Å². The van der Waals surface area contributed by atoms with Crippen LogP contribution in [-0.4, -0.2) is 37.7 Å². The van der Waals surface area contributed by atoms with Crippen molar-refractivity contribution < 1.29 is 0 Å². The molecule has 28 heavy (non-hydrogen) atoms. The Hall–Kier alpha value is -2.73. The summed E-state index contributed by atoms with van der Waals surface area (Å²) in [5.41, 5.74) is 2.90. The van der Waals surface area contributed by atoms with Gasteiger partial charge in [0.25, 0.3) is 5.56 Å². The Bertz CT molecular complexity index is 946. The largest absolute Gasteiger partial charge is 0.307 e. The van der Waals surface area contributed by atoms with E-state index < -0.39 is 0 Å². The van der Waals surface area contributed by atoms with E-state index >= 15 is 0 Å². The van der Waals surface area contributed by atoms with Gasteiger partial charge in [-0.05, 0) is 36.9 Å². The maximum Gasteiger partial charge on any atom is 0.251 e. The lowest BCUT2D eigenvalue weighted by atomic mass is 9.99. The minimum absolute atomic E-state index is 0.119. The first kappa shape index (κ1) is 18.6. The molecule has 0 bridgehead atoms. The van der Waals surface area contributed by atoms with Gasteiger partial charge >= 0.3 is 0 Å². The molecule has 1 aliphatic heterocycles. The lowest BCUT2D eigenvalue weighted by Crippen LogP contribution is -2.33. The molecular formula is C22H27N5O. The van der Waals surface area contributed by atoms with E-state index in [2.05, 4.69) is 51.2 Å². The minimum Gasteiger partial charge on any atom is -0.307 e. The molecule has 6 heteroatoms. The van der Waals surface area contributed by atoms with Crippen LogP contribution in [0.1, 0.15) is 31.0 Å². The summed E-state index contributed by atoms with van der Waals surface area (Å²) in [5.74, 6) is 1.41. The van der Waals surface area contributed by atoms with Crippen molar-refractivity contribution in [1.29, 1.82) is 0 Å². The molecule has 2 aromatic heterocycles. The van der Waals surface area contributed by atoms with Gasteiger partial charge in [-0.15, -0.1) is 0 Å². The average molecular weight is 377 g/mol. The number of likely N-dealkylation sites (tertiary alicyclic amines) is 1. The Morgan fingerprint density at radius 1 is 1.25 bits per heavy atom. The van der Waals surface area contributed by atoms with Crippen molar-refractivity contribution >= 4 is 0 Å². The van der Waals surface area contributed by atoms with Crippen molar-refractivity contribution in [3.8, 4) is 11.4 Å². The molecule has 1 unspecified atom stereocenters. The third-order valence-corrected chi connectivity index (χ3v) is 5.33. The van der Waals surface area contributed by atoms with Crippen LogP contribution in [0.5, 0.6) is 0 Å². The first-order valence-corrected chi connectivity index (χ1v) is 10.0. The lowest BCUT2D eigenvalue weighted by Gasteiger charge is -2.30. The van der Waals surface area contributed by atoms with Gasteiger partial charge in [-0.3, -0.25) is 14.4 Å². The molecule has 3 aromatic rings. The van der Waals surface area contributed by atoms with E-state index in [-0.39, 0.29) is 5.56 Å². The second-order valence-electron chi connectivity index (χ2n) is 7.78. The van der Waals surface area contributed by atoms with Crippen LogP contribution >= 0.6 is 0 Å². The van der Waals surface area contributed by atoms with Gasteiger partial charge in [0.1, 0.15) is 5.82 Å². The SMILES string of the molecule is CC1CCCN(Cc2ccc(-c3nc(CCn4cccn4)cc(=O)[nH]3)cc2)C1. The number of nitrogens with one attached hydrogen (secondary N) is 1. The summed E-state index contributed by atoms with van der Waals surface area (Å²) in [6, 6.07) is 11.9. The number of aromatic nitrogens is 4. The predicted octanol–water partition coefficient (Wildman–Crippen LogP) is 3.11. The van der Waals surface area contributed by atoms with E-state index in [0.717, 1.165) is 23.7 Å². The van der Waals surface area contributed by atoms with Crippen LogP contribution in [0.3, 0.4) is 0 Å². The fraction of sp³-hybridized carbons (Fsp3) is 0.409. The summed E-state index contributed by atoms with van der Waals surface area (Å²) in [7, 11) is 0. The number of hydrogen-bond acceptors (Lipinski definition) is 4. The molecule has 1 saturated heterocycles. The van der Waals surface area contributed by atoms with Crippen LogP contribution in [0.4, 0.5) is 0 Å². The molecule has 3 heterocycles. The van der Waals surface area contributed by atoms with Gasteiger partial charge in [0.2, 0.25) is 0 Å². The number of hydrogen-bond donors (Lipinski definition) is 1. The van der Waals surface area contributed by atoms with Crippen molar-refractivity contribution in [2.24, 2.45) is 5.92 Å². The summed E-state index contributed by atoms with van der Waals surface area (Å²) in [4.78, 5) is 22.1. The zero-order valence-corrected chi connectivity index (χ0v) is 16.3. The zero-order chi connectivity index (χ0) is 19.3. The lowest BCUT2D eigenvalue weighted by molar-refractivity contribution is 0.176. The first-order valence-electron chi connectivity index (χ1n) is 10.0. The number of benzene rings is 1. The maximum atomic E-state index is 12.1. The highest BCUT2D eigenvalue weighted by atomic mass is 16.1. The quantitative estimate of drug-likeness (QED) is 0.717. The fourth-order valence-electron chi connectivity index (χ4n) is 3.89. The Kier molecular flexibility index (Phi) is 5.67. The van der Waals surface area contributed by atoms with Crippen LogP contribution in [0, 0.1) is 5.92 Å². The summed E-state index contributed by atoms with van der Waals surface area (Å²) in [6.07, 6.45) is 6.96. The van der Waals surface area contributed by atoms with E-state index in [0.29, 0.717) is 18.8 Å². The van der Waals surface area contributed by atoms with Gasteiger partial charge in [-0.2, -0.15) is 5.10 Å². The Balaban J connectivity index is 1.45. The third-order valence-electron chi connectivity index (χ3n) is 5.33. The van der Waals surface area contributed by atoms with Crippen LogP contribution < -0.4 is 5.56 Å². The normalized spacial score (nSPS) is 17.7. The van der Waals surface area contributed by atoms with Crippen LogP contribution in [0.25, 0.3) is 11.4 Å². The molecule has 1 N–H and O–H groups in total. The Morgan fingerprint density at radius 2 is 2.11 bits per heavy atom. The minimum atomic E-state index is -0.119.